The normalized spacial score (nSPS) is 16.7. The van der Waals surface area contributed by atoms with Crippen LogP contribution in [0.5, 0.6) is 5.75 Å². The van der Waals surface area contributed by atoms with Crippen molar-refractivity contribution >= 4 is 15.8 Å². The van der Waals surface area contributed by atoms with Gasteiger partial charge in [0.1, 0.15) is 11.6 Å². The molecule has 25 heavy (non-hydrogen) atoms. The molecule has 3 heterocycles. The van der Waals surface area contributed by atoms with Gasteiger partial charge in [0.2, 0.25) is 0 Å². The van der Waals surface area contributed by atoms with Gasteiger partial charge in [0.25, 0.3) is 10.0 Å². The first kappa shape index (κ1) is 15.6. The lowest BCUT2D eigenvalue weighted by molar-refractivity contribution is 0.412. The van der Waals surface area contributed by atoms with E-state index in [0.29, 0.717) is 11.6 Å². The fraction of sp³-hybridized carbons (Fsp3) is 0.176. The zero-order valence-corrected chi connectivity index (χ0v) is 14.3. The molecular weight excluding hydrogens is 340 g/mol. The van der Waals surface area contributed by atoms with Crippen molar-refractivity contribution in [1.29, 1.82) is 0 Å². The highest BCUT2D eigenvalue weighted by molar-refractivity contribution is 7.92. The molecular formula is C17H16N4O3S. The van der Waals surface area contributed by atoms with Crippen LogP contribution in [0.25, 0.3) is 0 Å². The molecule has 0 spiro atoms. The zero-order chi connectivity index (χ0) is 17.4. The summed E-state index contributed by atoms with van der Waals surface area (Å²) in [5, 5.41) is 6.76. The van der Waals surface area contributed by atoms with Crippen LogP contribution in [-0.2, 0) is 10.0 Å². The van der Waals surface area contributed by atoms with Gasteiger partial charge in [-0.2, -0.15) is 5.10 Å². The van der Waals surface area contributed by atoms with Crippen LogP contribution in [-0.4, -0.2) is 37.3 Å². The van der Waals surface area contributed by atoms with E-state index in [1.165, 1.54) is 10.5 Å². The number of nitrogens with zero attached hydrogens (tertiary/aromatic N) is 3. The van der Waals surface area contributed by atoms with Gasteiger partial charge in [0.05, 0.1) is 24.4 Å². The predicted octanol–water partition coefficient (Wildman–Crippen LogP) is 2.15. The average molecular weight is 356 g/mol. The summed E-state index contributed by atoms with van der Waals surface area (Å²) >= 11 is 0. The standard InChI is InChI=1S/C17H16N4O3S/c1-24-13-7-15-16(12-8-19-20-9-12)11-21(17(15)18-10-13)25(22,23)14-5-3-2-4-6-14/h2-10,16H,11H2,1H3,(H,19,20). The van der Waals surface area contributed by atoms with Crippen LogP contribution >= 0.6 is 0 Å². The number of fused-ring (bicyclic) bond motifs is 1. The van der Waals surface area contributed by atoms with E-state index in [9.17, 15) is 8.42 Å². The number of sulfonamides is 1. The smallest absolute Gasteiger partial charge is 0.265 e. The Labute approximate surface area is 145 Å². The Morgan fingerprint density at radius 2 is 2.04 bits per heavy atom. The van der Waals surface area contributed by atoms with Gasteiger partial charge in [-0.15, -0.1) is 0 Å². The molecule has 1 N–H and O–H groups in total. The van der Waals surface area contributed by atoms with Crippen molar-refractivity contribution in [2.45, 2.75) is 10.8 Å². The minimum atomic E-state index is -3.70. The summed E-state index contributed by atoms with van der Waals surface area (Å²) < 4.78 is 32.8. The molecule has 0 fully saturated rings. The molecule has 2 aromatic heterocycles. The van der Waals surface area contributed by atoms with Gasteiger partial charge in [-0.05, 0) is 23.8 Å². The maximum Gasteiger partial charge on any atom is 0.265 e. The summed E-state index contributed by atoms with van der Waals surface area (Å²) in [6.45, 7) is 0.270. The SMILES string of the molecule is COc1cnc2c(c1)C(c1cn[nH]c1)CN2S(=O)(=O)c1ccccc1. The number of ether oxygens (including phenoxy) is 1. The first-order chi connectivity index (χ1) is 12.1. The summed E-state index contributed by atoms with van der Waals surface area (Å²) in [5.74, 6) is 0.858. The fourth-order valence-electron chi connectivity index (χ4n) is 3.05. The van der Waals surface area contributed by atoms with Gasteiger partial charge in [-0.1, -0.05) is 18.2 Å². The maximum absolute atomic E-state index is 13.1. The van der Waals surface area contributed by atoms with Crippen LogP contribution in [0.4, 0.5) is 5.82 Å². The van der Waals surface area contributed by atoms with Crippen LogP contribution in [0.1, 0.15) is 17.0 Å². The Morgan fingerprint density at radius 1 is 1.24 bits per heavy atom. The van der Waals surface area contributed by atoms with E-state index in [1.807, 2.05) is 6.07 Å². The Hall–Kier alpha value is -2.87. The summed E-state index contributed by atoms with van der Waals surface area (Å²) in [4.78, 5) is 4.60. The lowest BCUT2D eigenvalue weighted by Gasteiger charge is -2.19. The molecule has 1 aromatic carbocycles. The quantitative estimate of drug-likeness (QED) is 0.774. The fourth-order valence-corrected chi connectivity index (χ4v) is 4.53. The number of hydrogen-bond donors (Lipinski definition) is 1. The number of anilines is 1. The number of nitrogens with one attached hydrogen (secondary N) is 1. The summed E-state index contributed by atoms with van der Waals surface area (Å²) in [5.41, 5.74) is 1.71. The van der Waals surface area contributed by atoms with E-state index in [2.05, 4.69) is 15.2 Å². The lowest BCUT2D eigenvalue weighted by Crippen LogP contribution is -2.30. The molecule has 1 aliphatic rings. The highest BCUT2D eigenvalue weighted by Crippen LogP contribution is 2.42. The van der Waals surface area contributed by atoms with Crippen molar-refractivity contribution in [1.82, 2.24) is 15.2 Å². The zero-order valence-electron chi connectivity index (χ0n) is 13.5. The molecule has 0 aliphatic carbocycles. The monoisotopic (exact) mass is 356 g/mol. The van der Waals surface area contributed by atoms with Crippen molar-refractivity contribution in [3.63, 3.8) is 0 Å². The van der Waals surface area contributed by atoms with Crippen molar-refractivity contribution in [2.24, 2.45) is 0 Å². The van der Waals surface area contributed by atoms with Gasteiger partial charge in [0, 0.05) is 24.2 Å². The van der Waals surface area contributed by atoms with Crippen LogP contribution in [0.3, 0.4) is 0 Å². The minimum absolute atomic E-state index is 0.158. The molecule has 4 rings (SSSR count). The van der Waals surface area contributed by atoms with Crippen molar-refractivity contribution in [3.8, 4) is 5.75 Å². The minimum Gasteiger partial charge on any atom is -0.495 e. The maximum atomic E-state index is 13.1. The van der Waals surface area contributed by atoms with Crippen LogP contribution in [0, 0.1) is 0 Å². The molecule has 0 bridgehead atoms. The molecule has 1 unspecified atom stereocenters. The first-order valence-electron chi connectivity index (χ1n) is 7.71. The number of aromatic amines is 1. The number of methoxy groups -OCH3 is 1. The highest BCUT2D eigenvalue weighted by Gasteiger charge is 2.39. The summed E-state index contributed by atoms with van der Waals surface area (Å²) in [6.07, 6.45) is 5.00. The molecule has 1 aliphatic heterocycles. The van der Waals surface area contributed by atoms with Crippen LogP contribution < -0.4 is 9.04 Å². The topological polar surface area (TPSA) is 88.2 Å². The third kappa shape index (κ3) is 2.54. The van der Waals surface area contributed by atoms with Crippen molar-refractivity contribution in [3.05, 3.63) is 66.1 Å². The van der Waals surface area contributed by atoms with Gasteiger partial charge >= 0.3 is 0 Å². The Bertz CT molecular complexity index is 988. The molecule has 128 valence electrons. The second-order valence-corrected chi connectivity index (χ2v) is 7.58. The molecule has 0 saturated carbocycles. The van der Waals surface area contributed by atoms with Gasteiger partial charge in [-0.25, -0.2) is 17.7 Å². The van der Waals surface area contributed by atoms with Crippen LogP contribution in [0.15, 0.2) is 59.9 Å². The van der Waals surface area contributed by atoms with E-state index in [4.69, 9.17) is 4.74 Å². The molecule has 0 saturated heterocycles. The molecule has 1 atom stereocenters. The molecule has 3 aromatic rings. The Morgan fingerprint density at radius 3 is 2.72 bits per heavy atom. The van der Waals surface area contributed by atoms with E-state index >= 15 is 0 Å². The lowest BCUT2D eigenvalue weighted by atomic mass is 9.97. The van der Waals surface area contributed by atoms with E-state index in [1.54, 1.807) is 49.8 Å². The van der Waals surface area contributed by atoms with Crippen LogP contribution in [0.2, 0.25) is 0 Å². The molecule has 7 nitrogen and oxygen atoms in total. The molecule has 8 heteroatoms. The average Bonchev–Trinajstić information content (AvgIpc) is 3.29. The number of rotatable bonds is 4. The Balaban J connectivity index is 1.84. The largest absolute Gasteiger partial charge is 0.495 e. The number of aromatic nitrogens is 3. The third-order valence-corrected chi connectivity index (χ3v) is 6.09. The number of benzene rings is 1. The number of H-pyrrole nitrogens is 1. The van der Waals surface area contributed by atoms with E-state index < -0.39 is 10.0 Å². The second kappa shape index (κ2) is 5.89. The molecule has 0 radical (unpaired) electrons. The summed E-state index contributed by atoms with van der Waals surface area (Å²) in [6, 6.07) is 10.2. The van der Waals surface area contributed by atoms with E-state index in [-0.39, 0.29) is 17.4 Å². The first-order valence-corrected chi connectivity index (χ1v) is 9.15. The van der Waals surface area contributed by atoms with E-state index in [0.717, 1.165) is 11.1 Å². The number of pyridine rings is 1. The van der Waals surface area contributed by atoms with Crippen molar-refractivity contribution in [2.75, 3.05) is 18.0 Å². The Kier molecular flexibility index (Phi) is 3.69. The van der Waals surface area contributed by atoms with Gasteiger partial charge in [0.15, 0.2) is 0 Å². The van der Waals surface area contributed by atoms with Gasteiger partial charge in [-0.3, -0.25) is 5.10 Å². The third-order valence-electron chi connectivity index (χ3n) is 4.32. The number of hydrogen-bond acceptors (Lipinski definition) is 5. The predicted molar refractivity (Wildman–Crippen MR) is 92.2 cm³/mol. The summed E-state index contributed by atoms with van der Waals surface area (Å²) in [7, 11) is -2.14. The van der Waals surface area contributed by atoms with Crippen molar-refractivity contribution < 1.29 is 13.2 Å². The highest BCUT2D eigenvalue weighted by atomic mass is 32.2. The van der Waals surface area contributed by atoms with Gasteiger partial charge < -0.3 is 4.74 Å². The molecule has 0 amide bonds. The second-order valence-electron chi connectivity index (χ2n) is 5.72.